The molecule has 2 saturated heterocycles. The van der Waals surface area contributed by atoms with Crippen molar-refractivity contribution in [3.63, 3.8) is 0 Å². The van der Waals surface area contributed by atoms with Gasteiger partial charge < -0.3 is 9.47 Å². The maximum Gasteiger partial charge on any atom is 0.240 e. The third-order valence-electron chi connectivity index (χ3n) is 5.93. The maximum absolute atomic E-state index is 13.6. The topological polar surface area (TPSA) is 88.5 Å². The van der Waals surface area contributed by atoms with E-state index in [9.17, 15) is 14.4 Å². The number of methoxy groups -OCH3 is 2. The molecule has 0 N–H and O–H groups in total. The summed E-state index contributed by atoms with van der Waals surface area (Å²) in [7, 11) is 2.98. The summed E-state index contributed by atoms with van der Waals surface area (Å²) in [5.41, 5.74) is -0.372. The standard InChI is InChI=1S/C22H25N3O5/c1-22(2,3)19(26)18-17-16(13-7-6-10-23-25(13)18)20(27)24(21(17)28)14-11-12(29-4)8-9-15(14)30-5/h6-11,13,16-18H,1-5H3/t13-,16-,17+,18-/m1/s1. The molecule has 0 spiro atoms. The number of imide groups is 1. The van der Waals surface area contributed by atoms with Gasteiger partial charge in [0.15, 0.2) is 5.78 Å². The SMILES string of the molecule is COc1ccc(OC)c(N2C(=O)[C@H]3[C@H](C2=O)[C@H](C(=O)C(C)(C)C)N2N=CC=C[C@H]32)c1. The van der Waals surface area contributed by atoms with Gasteiger partial charge in [-0.05, 0) is 18.2 Å². The summed E-state index contributed by atoms with van der Waals surface area (Å²) in [5, 5.41) is 5.97. The highest BCUT2D eigenvalue weighted by Crippen LogP contribution is 2.48. The maximum atomic E-state index is 13.6. The second-order valence-electron chi connectivity index (χ2n) is 8.68. The summed E-state index contributed by atoms with van der Waals surface area (Å²) < 4.78 is 10.7. The fraction of sp³-hybridized carbons (Fsp3) is 0.455. The number of Topliss-reactive ketones (excluding diaryl/α,β-unsaturated/α-hetero) is 1. The number of nitrogens with zero attached hydrogens (tertiary/aromatic N) is 3. The summed E-state index contributed by atoms with van der Waals surface area (Å²) in [4.78, 5) is 41.6. The van der Waals surface area contributed by atoms with Crippen molar-refractivity contribution in [2.45, 2.75) is 32.9 Å². The zero-order chi connectivity index (χ0) is 21.8. The Labute approximate surface area is 175 Å². The van der Waals surface area contributed by atoms with Crippen LogP contribution in [0.2, 0.25) is 0 Å². The molecule has 2 amide bonds. The Balaban J connectivity index is 1.82. The Bertz CT molecular complexity index is 977. The minimum absolute atomic E-state index is 0.118. The molecular formula is C22H25N3O5. The quantitative estimate of drug-likeness (QED) is 0.705. The third-order valence-corrected chi connectivity index (χ3v) is 5.93. The molecule has 3 aliphatic heterocycles. The van der Waals surface area contributed by atoms with Crippen LogP contribution in [0.15, 0.2) is 35.5 Å². The van der Waals surface area contributed by atoms with Gasteiger partial charge in [0, 0.05) is 17.7 Å². The molecule has 0 saturated carbocycles. The molecule has 4 rings (SSSR count). The number of carbonyl (C=O) groups excluding carboxylic acids is 3. The Morgan fingerprint density at radius 3 is 2.40 bits per heavy atom. The van der Waals surface area contributed by atoms with E-state index in [1.807, 2.05) is 26.8 Å². The summed E-state index contributed by atoms with van der Waals surface area (Å²) in [6.45, 7) is 5.43. The lowest BCUT2D eigenvalue weighted by atomic mass is 9.80. The smallest absolute Gasteiger partial charge is 0.240 e. The molecule has 0 aliphatic carbocycles. The van der Waals surface area contributed by atoms with Gasteiger partial charge in [0.05, 0.1) is 37.8 Å². The Kier molecular flexibility index (Phi) is 4.67. The van der Waals surface area contributed by atoms with E-state index in [0.29, 0.717) is 17.2 Å². The highest BCUT2D eigenvalue weighted by molar-refractivity contribution is 6.24. The summed E-state index contributed by atoms with van der Waals surface area (Å²) in [5.74, 6) is -1.54. The largest absolute Gasteiger partial charge is 0.497 e. The molecule has 1 aromatic carbocycles. The molecule has 30 heavy (non-hydrogen) atoms. The first kappa shape index (κ1) is 20.1. The molecule has 0 radical (unpaired) electrons. The van der Waals surface area contributed by atoms with Crippen LogP contribution < -0.4 is 14.4 Å². The number of hydrazone groups is 1. The number of hydrogen-bond donors (Lipinski definition) is 0. The number of ketones is 1. The molecule has 158 valence electrons. The van der Waals surface area contributed by atoms with Crippen molar-refractivity contribution in [1.82, 2.24) is 5.01 Å². The van der Waals surface area contributed by atoms with Crippen molar-refractivity contribution >= 4 is 29.5 Å². The molecule has 3 aliphatic rings. The monoisotopic (exact) mass is 411 g/mol. The highest BCUT2D eigenvalue weighted by atomic mass is 16.5. The van der Waals surface area contributed by atoms with Crippen LogP contribution in [0.1, 0.15) is 20.8 Å². The molecule has 0 unspecified atom stereocenters. The van der Waals surface area contributed by atoms with E-state index in [-0.39, 0.29) is 11.7 Å². The van der Waals surface area contributed by atoms with Crippen molar-refractivity contribution < 1.29 is 23.9 Å². The number of amides is 2. The number of benzene rings is 1. The molecule has 0 aromatic heterocycles. The molecular weight excluding hydrogens is 386 g/mol. The minimum atomic E-state index is -0.815. The van der Waals surface area contributed by atoms with Crippen LogP contribution in [0.3, 0.4) is 0 Å². The van der Waals surface area contributed by atoms with Gasteiger partial charge in [0.25, 0.3) is 0 Å². The van der Waals surface area contributed by atoms with Crippen LogP contribution in [0.5, 0.6) is 11.5 Å². The lowest BCUT2D eigenvalue weighted by Crippen LogP contribution is -2.49. The summed E-state index contributed by atoms with van der Waals surface area (Å²) in [6, 6.07) is 3.69. The van der Waals surface area contributed by atoms with Crippen LogP contribution in [-0.2, 0) is 14.4 Å². The Morgan fingerprint density at radius 2 is 1.77 bits per heavy atom. The number of ether oxygens (including phenoxy) is 2. The fourth-order valence-electron chi connectivity index (χ4n) is 4.49. The van der Waals surface area contributed by atoms with Gasteiger partial charge >= 0.3 is 0 Å². The number of rotatable bonds is 4. The van der Waals surface area contributed by atoms with E-state index in [1.54, 1.807) is 35.5 Å². The third kappa shape index (κ3) is 2.81. The lowest BCUT2D eigenvalue weighted by Gasteiger charge is -2.33. The molecule has 8 heteroatoms. The first-order chi connectivity index (χ1) is 14.2. The van der Waals surface area contributed by atoms with Crippen molar-refractivity contribution in [3.8, 4) is 11.5 Å². The van der Waals surface area contributed by atoms with Gasteiger partial charge in [-0.15, -0.1) is 0 Å². The number of carbonyl (C=O) groups is 3. The van der Waals surface area contributed by atoms with Gasteiger partial charge in [0.1, 0.15) is 17.5 Å². The number of allylic oxidation sites excluding steroid dienone is 1. The predicted octanol–water partition coefficient (Wildman–Crippen LogP) is 2.03. The van der Waals surface area contributed by atoms with E-state index in [2.05, 4.69) is 5.10 Å². The van der Waals surface area contributed by atoms with Crippen molar-refractivity contribution in [2.24, 2.45) is 22.4 Å². The van der Waals surface area contributed by atoms with Crippen LogP contribution in [0, 0.1) is 17.3 Å². The highest BCUT2D eigenvalue weighted by Gasteiger charge is 2.65. The van der Waals surface area contributed by atoms with Crippen LogP contribution in [0.4, 0.5) is 5.69 Å². The molecule has 4 atom stereocenters. The summed E-state index contributed by atoms with van der Waals surface area (Å²) in [6.07, 6.45) is 5.16. The second kappa shape index (κ2) is 6.97. The molecule has 3 heterocycles. The molecule has 2 fully saturated rings. The normalized spacial score (nSPS) is 27.4. The van der Waals surface area contributed by atoms with Crippen LogP contribution >= 0.6 is 0 Å². The Morgan fingerprint density at radius 1 is 1.07 bits per heavy atom. The first-order valence-electron chi connectivity index (χ1n) is 9.84. The zero-order valence-corrected chi connectivity index (χ0v) is 17.7. The fourth-order valence-corrected chi connectivity index (χ4v) is 4.49. The average molecular weight is 411 g/mol. The number of fused-ring (bicyclic) bond motifs is 3. The van der Waals surface area contributed by atoms with E-state index in [4.69, 9.17) is 9.47 Å². The van der Waals surface area contributed by atoms with Crippen molar-refractivity contribution in [2.75, 3.05) is 19.1 Å². The predicted molar refractivity (Wildman–Crippen MR) is 111 cm³/mol. The second-order valence-corrected chi connectivity index (χ2v) is 8.68. The molecule has 0 bridgehead atoms. The van der Waals surface area contributed by atoms with Gasteiger partial charge in [-0.3, -0.25) is 19.4 Å². The van der Waals surface area contributed by atoms with Crippen LogP contribution in [-0.4, -0.2) is 55.1 Å². The Hall–Kier alpha value is -3.16. The van der Waals surface area contributed by atoms with Gasteiger partial charge in [-0.1, -0.05) is 26.8 Å². The lowest BCUT2D eigenvalue weighted by molar-refractivity contribution is -0.136. The van der Waals surface area contributed by atoms with E-state index in [1.165, 1.54) is 14.2 Å². The van der Waals surface area contributed by atoms with Gasteiger partial charge in [-0.25, -0.2) is 4.90 Å². The van der Waals surface area contributed by atoms with Gasteiger partial charge in [0.2, 0.25) is 11.8 Å². The van der Waals surface area contributed by atoms with Crippen LogP contribution in [0.25, 0.3) is 0 Å². The zero-order valence-electron chi connectivity index (χ0n) is 17.7. The first-order valence-corrected chi connectivity index (χ1v) is 9.84. The summed E-state index contributed by atoms with van der Waals surface area (Å²) >= 11 is 0. The molecule has 8 nitrogen and oxygen atoms in total. The number of hydrogen-bond acceptors (Lipinski definition) is 7. The number of anilines is 1. The van der Waals surface area contributed by atoms with Crippen molar-refractivity contribution in [3.05, 3.63) is 30.4 Å². The molecule has 1 aromatic rings. The van der Waals surface area contributed by atoms with E-state index >= 15 is 0 Å². The minimum Gasteiger partial charge on any atom is -0.497 e. The van der Waals surface area contributed by atoms with E-state index in [0.717, 1.165) is 4.90 Å². The average Bonchev–Trinajstić information content (AvgIpc) is 3.19. The van der Waals surface area contributed by atoms with Gasteiger partial charge in [-0.2, -0.15) is 5.10 Å². The van der Waals surface area contributed by atoms with Crippen molar-refractivity contribution in [1.29, 1.82) is 0 Å². The van der Waals surface area contributed by atoms with E-state index < -0.39 is 35.2 Å².